The molecule has 0 aliphatic rings. The Balaban J connectivity index is 2.79. The van der Waals surface area contributed by atoms with Crippen molar-refractivity contribution in [2.24, 2.45) is 0 Å². The summed E-state index contributed by atoms with van der Waals surface area (Å²) in [4.78, 5) is 11.0. The second-order valence-electron chi connectivity index (χ2n) is 2.31. The minimum absolute atomic E-state index is 0.0565. The molecule has 0 spiro atoms. The van der Waals surface area contributed by atoms with Gasteiger partial charge in [0.1, 0.15) is 0 Å². The van der Waals surface area contributed by atoms with Gasteiger partial charge in [-0.1, -0.05) is 45.8 Å². The van der Waals surface area contributed by atoms with Crippen LogP contribution in [0.15, 0.2) is 18.2 Å². The van der Waals surface area contributed by atoms with Crippen LogP contribution in [0.3, 0.4) is 0 Å². The largest absolute Gasteiger partial charge is 0.325 e. The lowest BCUT2D eigenvalue weighted by molar-refractivity contribution is -0.113. The third-order valence-electron chi connectivity index (χ3n) is 1.32. The molecule has 1 rings (SSSR count). The predicted octanol–water partition coefficient (Wildman–Crippen LogP) is 3.37. The minimum Gasteiger partial charge on any atom is -0.325 e. The molecular formula is C8H6Cl2INO. The Morgan fingerprint density at radius 1 is 1.38 bits per heavy atom. The summed E-state index contributed by atoms with van der Waals surface area (Å²) in [6, 6.07) is 4.97. The van der Waals surface area contributed by atoms with Gasteiger partial charge in [0.05, 0.1) is 14.5 Å². The van der Waals surface area contributed by atoms with E-state index < -0.39 is 0 Å². The molecule has 1 aromatic rings. The average Bonchev–Trinajstić information content (AvgIpc) is 2.11. The van der Waals surface area contributed by atoms with E-state index in [4.69, 9.17) is 23.2 Å². The zero-order valence-electron chi connectivity index (χ0n) is 6.48. The Morgan fingerprint density at radius 2 is 2.08 bits per heavy atom. The van der Waals surface area contributed by atoms with E-state index in [1.165, 1.54) is 0 Å². The molecular weight excluding hydrogens is 324 g/mol. The normalized spacial score (nSPS) is 9.77. The highest BCUT2D eigenvalue weighted by Gasteiger charge is 2.02. The van der Waals surface area contributed by atoms with Gasteiger partial charge in [0.25, 0.3) is 0 Å². The SMILES string of the molecule is O=C(CI)Nc1ccc(Cl)c(Cl)c1. The van der Waals surface area contributed by atoms with Crippen LogP contribution in [-0.2, 0) is 4.79 Å². The first kappa shape index (κ1) is 11.1. The molecule has 1 aromatic carbocycles. The number of anilines is 1. The maximum atomic E-state index is 11.0. The molecule has 0 atom stereocenters. The molecule has 70 valence electrons. The van der Waals surface area contributed by atoms with Crippen LogP contribution >= 0.6 is 45.8 Å². The number of hydrogen-bond donors (Lipinski definition) is 1. The van der Waals surface area contributed by atoms with Crippen molar-refractivity contribution in [1.29, 1.82) is 0 Å². The number of benzene rings is 1. The number of halogens is 3. The highest BCUT2D eigenvalue weighted by Crippen LogP contribution is 2.24. The number of amides is 1. The molecule has 1 N–H and O–H groups in total. The number of alkyl halides is 1. The zero-order chi connectivity index (χ0) is 9.84. The summed E-state index contributed by atoms with van der Waals surface area (Å²) in [6.45, 7) is 0. The number of carbonyl (C=O) groups is 1. The van der Waals surface area contributed by atoms with Crippen molar-refractivity contribution in [3.05, 3.63) is 28.2 Å². The van der Waals surface area contributed by atoms with Crippen LogP contribution in [0.2, 0.25) is 10.0 Å². The van der Waals surface area contributed by atoms with E-state index in [9.17, 15) is 4.79 Å². The van der Waals surface area contributed by atoms with Crippen LogP contribution in [0.5, 0.6) is 0 Å². The van der Waals surface area contributed by atoms with Gasteiger partial charge in [0, 0.05) is 5.69 Å². The molecule has 0 heterocycles. The lowest BCUT2D eigenvalue weighted by atomic mass is 10.3. The number of nitrogens with one attached hydrogen (secondary N) is 1. The second kappa shape index (κ2) is 5.02. The number of carbonyl (C=O) groups excluding carboxylic acids is 1. The van der Waals surface area contributed by atoms with E-state index in [2.05, 4.69) is 5.32 Å². The molecule has 13 heavy (non-hydrogen) atoms. The number of rotatable bonds is 2. The lowest BCUT2D eigenvalue weighted by Crippen LogP contribution is -2.11. The Bertz CT molecular complexity index is 330. The molecule has 1 amide bonds. The first-order valence-electron chi connectivity index (χ1n) is 3.44. The van der Waals surface area contributed by atoms with Crippen molar-refractivity contribution in [1.82, 2.24) is 0 Å². The van der Waals surface area contributed by atoms with E-state index in [0.717, 1.165) is 0 Å². The van der Waals surface area contributed by atoms with Gasteiger partial charge in [0.15, 0.2) is 0 Å². The van der Waals surface area contributed by atoms with E-state index in [-0.39, 0.29) is 5.91 Å². The summed E-state index contributed by atoms with van der Waals surface area (Å²) in [6.07, 6.45) is 0. The van der Waals surface area contributed by atoms with Gasteiger partial charge in [0.2, 0.25) is 5.91 Å². The quantitative estimate of drug-likeness (QED) is 0.654. The summed E-state index contributed by atoms with van der Waals surface area (Å²) < 4.78 is 0.415. The molecule has 0 aliphatic carbocycles. The van der Waals surface area contributed by atoms with Crippen molar-refractivity contribution < 1.29 is 4.79 Å². The minimum atomic E-state index is -0.0565. The van der Waals surface area contributed by atoms with Gasteiger partial charge in [-0.15, -0.1) is 0 Å². The van der Waals surface area contributed by atoms with Gasteiger partial charge in [-0.2, -0.15) is 0 Å². The van der Waals surface area contributed by atoms with E-state index >= 15 is 0 Å². The first-order chi connectivity index (χ1) is 6.13. The molecule has 0 radical (unpaired) electrons. The molecule has 0 fully saturated rings. The molecule has 0 aliphatic heterocycles. The predicted molar refractivity (Wildman–Crippen MR) is 64.0 cm³/mol. The average molecular weight is 330 g/mol. The fourth-order valence-corrected chi connectivity index (χ4v) is 1.26. The second-order valence-corrected chi connectivity index (χ2v) is 3.89. The van der Waals surface area contributed by atoms with Crippen LogP contribution in [-0.4, -0.2) is 10.3 Å². The van der Waals surface area contributed by atoms with Gasteiger partial charge in [-0.25, -0.2) is 0 Å². The van der Waals surface area contributed by atoms with Crippen molar-refractivity contribution in [2.45, 2.75) is 0 Å². The Hall–Kier alpha value is -0.000000000000000111. The maximum absolute atomic E-state index is 11.0. The van der Waals surface area contributed by atoms with E-state index in [0.29, 0.717) is 20.2 Å². The van der Waals surface area contributed by atoms with Crippen LogP contribution in [0, 0.1) is 0 Å². The molecule has 0 bridgehead atoms. The van der Waals surface area contributed by atoms with Gasteiger partial charge in [-0.05, 0) is 18.2 Å². The first-order valence-corrected chi connectivity index (χ1v) is 5.72. The molecule has 0 saturated heterocycles. The van der Waals surface area contributed by atoms with Crippen LogP contribution in [0.4, 0.5) is 5.69 Å². The number of hydrogen-bond acceptors (Lipinski definition) is 1. The summed E-state index contributed by atoms with van der Waals surface area (Å²) in [5.74, 6) is -0.0565. The summed E-state index contributed by atoms with van der Waals surface area (Å²) in [5, 5.41) is 3.59. The fraction of sp³-hybridized carbons (Fsp3) is 0.125. The van der Waals surface area contributed by atoms with Gasteiger partial charge >= 0.3 is 0 Å². The molecule has 5 heteroatoms. The zero-order valence-corrected chi connectivity index (χ0v) is 10.2. The molecule has 0 unspecified atom stereocenters. The van der Waals surface area contributed by atoms with Crippen LogP contribution < -0.4 is 5.32 Å². The van der Waals surface area contributed by atoms with Crippen molar-refractivity contribution >= 4 is 57.4 Å². The monoisotopic (exact) mass is 329 g/mol. The standard InChI is InChI=1S/C8H6Cl2INO/c9-6-2-1-5(3-7(6)10)12-8(13)4-11/h1-3H,4H2,(H,12,13). The van der Waals surface area contributed by atoms with Crippen molar-refractivity contribution in [3.63, 3.8) is 0 Å². The molecule has 2 nitrogen and oxygen atoms in total. The van der Waals surface area contributed by atoms with Crippen molar-refractivity contribution in [2.75, 3.05) is 9.74 Å². The van der Waals surface area contributed by atoms with Crippen LogP contribution in [0.25, 0.3) is 0 Å². The topological polar surface area (TPSA) is 29.1 Å². The maximum Gasteiger partial charge on any atom is 0.234 e. The summed E-state index contributed by atoms with van der Waals surface area (Å²) >= 11 is 13.4. The highest BCUT2D eigenvalue weighted by molar-refractivity contribution is 14.1. The lowest BCUT2D eigenvalue weighted by Gasteiger charge is -2.03. The Kier molecular flexibility index (Phi) is 4.28. The smallest absolute Gasteiger partial charge is 0.234 e. The molecule has 0 aromatic heterocycles. The summed E-state index contributed by atoms with van der Waals surface area (Å²) in [7, 11) is 0. The summed E-state index contributed by atoms with van der Waals surface area (Å²) in [5.41, 5.74) is 0.663. The Labute approximate surface area is 99.7 Å². The third-order valence-corrected chi connectivity index (χ3v) is 2.76. The third kappa shape index (κ3) is 3.32. The highest BCUT2D eigenvalue weighted by atomic mass is 127. The Morgan fingerprint density at radius 3 is 2.62 bits per heavy atom. The van der Waals surface area contributed by atoms with Gasteiger partial charge < -0.3 is 5.32 Å². The van der Waals surface area contributed by atoms with Gasteiger partial charge in [-0.3, -0.25) is 4.79 Å². The fourth-order valence-electron chi connectivity index (χ4n) is 0.768. The molecule has 0 saturated carbocycles. The van der Waals surface area contributed by atoms with Crippen LogP contribution in [0.1, 0.15) is 0 Å². The van der Waals surface area contributed by atoms with E-state index in [1.807, 2.05) is 22.6 Å². The van der Waals surface area contributed by atoms with Crippen molar-refractivity contribution in [3.8, 4) is 0 Å². The van der Waals surface area contributed by atoms with E-state index in [1.54, 1.807) is 18.2 Å².